The van der Waals surface area contributed by atoms with Gasteiger partial charge in [-0.25, -0.2) is 0 Å². The van der Waals surface area contributed by atoms with Crippen molar-refractivity contribution in [3.63, 3.8) is 0 Å². The van der Waals surface area contributed by atoms with Crippen LogP contribution >= 0.6 is 12.4 Å². The molecule has 0 aliphatic heterocycles. The summed E-state index contributed by atoms with van der Waals surface area (Å²) < 4.78 is 0. The van der Waals surface area contributed by atoms with Crippen molar-refractivity contribution in [3.8, 4) is 6.07 Å². The predicted molar refractivity (Wildman–Crippen MR) is 60.3 cm³/mol. The SMILES string of the molecule is CC(C)(c1ccccc1)C(N)C#N.Cl. The van der Waals surface area contributed by atoms with Gasteiger partial charge in [-0.15, -0.1) is 12.4 Å². The van der Waals surface area contributed by atoms with E-state index in [2.05, 4.69) is 6.07 Å². The maximum absolute atomic E-state index is 8.76. The van der Waals surface area contributed by atoms with Crippen molar-refractivity contribution < 1.29 is 0 Å². The van der Waals surface area contributed by atoms with Gasteiger partial charge in [-0.05, 0) is 5.56 Å². The molecule has 2 nitrogen and oxygen atoms in total. The minimum absolute atomic E-state index is 0. The molecular weight excluding hydrogens is 196 g/mol. The van der Waals surface area contributed by atoms with E-state index >= 15 is 0 Å². The summed E-state index contributed by atoms with van der Waals surface area (Å²) in [5, 5.41) is 8.76. The van der Waals surface area contributed by atoms with Gasteiger partial charge < -0.3 is 5.73 Å². The van der Waals surface area contributed by atoms with Crippen molar-refractivity contribution >= 4 is 12.4 Å². The third-order valence-corrected chi connectivity index (χ3v) is 2.43. The molecule has 0 aliphatic carbocycles. The lowest BCUT2D eigenvalue weighted by Crippen LogP contribution is -2.39. The Morgan fingerprint density at radius 1 is 1.29 bits per heavy atom. The zero-order chi connectivity index (χ0) is 9.90. The van der Waals surface area contributed by atoms with Crippen LogP contribution in [0.1, 0.15) is 19.4 Å². The second-order valence-electron chi connectivity index (χ2n) is 3.69. The Kier molecular flexibility index (Phi) is 4.62. The Hall–Kier alpha value is -1.04. The minimum atomic E-state index is -0.463. The standard InChI is InChI=1S/C11H14N2.ClH/c1-11(2,10(13)8-12)9-6-4-3-5-7-9;/h3-7,10H,13H2,1-2H3;1H. The van der Waals surface area contributed by atoms with Crippen LogP contribution in [-0.2, 0) is 5.41 Å². The van der Waals surface area contributed by atoms with Gasteiger partial charge >= 0.3 is 0 Å². The molecule has 1 rings (SSSR count). The molecule has 0 radical (unpaired) electrons. The number of nitrogens with zero attached hydrogens (tertiary/aromatic N) is 1. The van der Waals surface area contributed by atoms with E-state index in [1.54, 1.807) is 0 Å². The lowest BCUT2D eigenvalue weighted by atomic mass is 9.79. The first-order valence-corrected chi connectivity index (χ1v) is 4.29. The maximum Gasteiger partial charge on any atom is 0.102 e. The van der Waals surface area contributed by atoms with Crippen LogP contribution in [0, 0.1) is 11.3 Å². The maximum atomic E-state index is 8.76. The summed E-state index contributed by atoms with van der Waals surface area (Å²) >= 11 is 0. The molecule has 1 aromatic carbocycles. The highest BCUT2D eigenvalue weighted by atomic mass is 35.5. The lowest BCUT2D eigenvalue weighted by molar-refractivity contribution is 0.473. The summed E-state index contributed by atoms with van der Waals surface area (Å²) in [4.78, 5) is 0. The van der Waals surface area contributed by atoms with E-state index < -0.39 is 6.04 Å². The van der Waals surface area contributed by atoms with Crippen molar-refractivity contribution in [2.75, 3.05) is 0 Å². The lowest BCUT2D eigenvalue weighted by Gasteiger charge is -2.27. The second-order valence-corrected chi connectivity index (χ2v) is 3.69. The monoisotopic (exact) mass is 210 g/mol. The van der Waals surface area contributed by atoms with E-state index in [1.807, 2.05) is 44.2 Å². The fraction of sp³-hybridized carbons (Fsp3) is 0.364. The Morgan fingerprint density at radius 3 is 2.21 bits per heavy atom. The number of halogens is 1. The number of hydrogen-bond donors (Lipinski definition) is 1. The van der Waals surface area contributed by atoms with E-state index in [9.17, 15) is 0 Å². The van der Waals surface area contributed by atoms with E-state index in [0.29, 0.717) is 0 Å². The quantitative estimate of drug-likeness (QED) is 0.814. The molecule has 0 saturated carbocycles. The van der Waals surface area contributed by atoms with E-state index in [1.165, 1.54) is 0 Å². The number of rotatable bonds is 2. The first-order chi connectivity index (χ1) is 6.09. The topological polar surface area (TPSA) is 49.8 Å². The van der Waals surface area contributed by atoms with Gasteiger partial charge in [0.1, 0.15) is 6.04 Å². The fourth-order valence-corrected chi connectivity index (χ4v) is 1.21. The third-order valence-electron chi connectivity index (χ3n) is 2.43. The van der Waals surface area contributed by atoms with Gasteiger partial charge in [0.05, 0.1) is 6.07 Å². The largest absolute Gasteiger partial charge is 0.315 e. The van der Waals surface area contributed by atoms with Crippen LogP contribution in [0.25, 0.3) is 0 Å². The fourth-order valence-electron chi connectivity index (χ4n) is 1.21. The Labute approximate surface area is 91.1 Å². The van der Waals surface area contributed by atoms with Crippen LogP contribution in [-0.4, -0.2) is 6.04 Å². The van der Waals surface area contributed by atoms with Gasteiger partial charge in [0.2, 0.25) is 0 Å². The highest BCUT2D eigenvalue weighted by Gasteiger charge is 2.27. The molecule has 0 fully saturated rings. The molecule has 1 unspecified atom stereocenters. The first-order valence-electron chi connectivity index (χ1n) is 4.29. The summed E-state index contributed by atoms with van der Waals surface area (Å²) in [6.45, 7) is 3.96. The molecule has 0 amide bonds. The Morgan fingerprint density at radius 2 is 1.79 bits per heavy atom. The smallest absolute Gasteiger partial charge is 0.102 e. The molecule has 0 aliphatic rings. The molecule has 1 aromatic rings. The molecule has 0 bridgehead atoms. The molecule has 1 atom stereocenters. The minimum Gasteiger partial charge on any atom is -0.315 e. The van der Waals surface area contributed by atoms with Crippen molar-refractivity contribution in [2.24, 2.45) is 5.73 Å². The highest BCUT2D eigenvalue weighted by molar-refractivity contribution is 5.85. The zero-order valence-electron chi connectivity index (χ0n) is 8.40. The number of nitriles is 1. The van der Waals surface area contributed by atoms with E-state index in [4.69, 9.17) is 11.0 Å². The molecule has 2 N–H and O–H groups in total. The van der Waals surface area contributed by atoms with Gasteiger partial charge in [-0.2, -0.15) is 5.26 Å². The molecule has 3 heteroatoms. The van der Waals surface area contributed by atoms with Crippen LogP contribution < -0.4 is 5.73 Å². The average molecular weight is 211 g/mol. The molecule has 0 aromatic heterocycles. The second kappa shape index (κ2) is 4.99. The van der Waals surface area contributed by atoms with Crippen LogP contribution in [0.3, 0.4) is 0 Å². The normalized spacial score (nSPS) is 12.4. The summed E-state index contributed by atoms with van der Waals surface area (Å²) in [5.41, 5.74) is 6.54. The third kappa shape index (κ3) is 2.47. The Bertz CT molecular complexity index is 314. The highest BCUT2D eigenvalue weighted by Crippen LogP contribution is 2.25. The van der Waals surface area contributed by atoms with Gasteiger partial charge in [0.15, 0.2) is 0 Å². The number of nitrogens with two attached hydrogens (primary N) is 1. The molecule has 0 saturated heterocycles. The van der Waals surface area contributed by atoms with Crippen molar-refractivity contribution in [1.29, 1.82) is 5.26 Å². The summed E-state index contributed by atoms with van der Waals surface area (Å²) in [5.74, 6) is 0. The molecule has 76 valence electrons. The molecule has 0 heterocycles. The van der Waals surface area contributed by atoms with Crippen molar-refractivity contribution in [2.45, 2.75) is 25.3 Å². The van der Waals surface area contributed by atoms with Crippen LogP contribution in [0.4, 0.5) is 0 Å². The van der Waals surface area contributed by atoms with Crippen molar-refractivity contribution in [1.82, 2.24) is 0 Å². The number of benzene rings is 1. The number of hydrogen-bond acceptors (Lipinski definition) is 2. The average Bonchev–Trinajstić information content (AvgIpc) is 2.18. The summed E-state index contributed by atoms with van der Waals surface area (Å²) in [6, 6.07) is 11.5. The van der Waals surface area contributed by atoms with E-state index in [0.717, 1.165) is 5.56 Å². The summed E-state index contributed by atoms with van der Waals surface area (Å²) in [7, 11) is 0. The summed E-state index contributed by atoms with van der Waals surface area (Å²) in [6.07, 6.45) is 0. The first kappa shape index (κ1) is 13.0. The zero-order valence-corrected chi connectivity index (χ0v) is 9.21. The van der Waals surface area contributed by atoms with E-state index in [-0.39, 0.29) is 17.8 Å². The van der Waals surface area contributed by atoms with Crippen LogP contribution in [0.5, 0.6) is 0 Å². The van der Waals surface area contributed by atoms with Gasteiger partial charge in [-0.3, -0.25) is 0 Å². The van der Waals surface area contributed by atoms with Crippen LogP contribution in [0.15, 0.2) is 30.3 Å². The van der Waals surface area contributed by atoms with Gasteiger partial charge in [0.25, 0.3) is 0 Å². The van der Waals surface area contributed by atoms with Crippen LogP contribution in [0.2, 0.25) is 0 Å². The predicted octanol–water partition coefficient (Wildman–Crippen LogP) is 2.24. The van der Waals surface area contributed by atoms with Crippen molar-refractivity contribution in [3.05, 3.63) is 35.9 Å². The van der Waals surface area contributed by atoms with Gasteiger partial charge in [-0.1, -0.05) is 44.2 Å². The molecule has 14 heavy (non-hydrogen) atoms. The molecular formula is C11H15ClN2. The molecule has 0 spiro atoms. The Balaban J connectivity index is 0.00000169. The van der Waals surface area contributed by atoms with Gasteiger partial charge in [0, 0.05) is 5.41 Å².